The molecular formula is C6H8Cl2N2O. The van der Waals surface area contributed by atoms with E-state index in [0.29, 0.717) is 11.6 Å². The van der Waals surface area contributed by atoms with Gasteiger partial charge in [0.2, 0.25) is 0 Å². The van der Waals surface area contributed by atoms with Crippen molar-refractivity contribution in [3.63, 3.8) is 0 Å². The second-order valence-corrected chi connectivity index (χ2v) is 2.22. The first-order chi connectivity index (χ1) is 4.83. The summed E-state index contributed by atoms with van der Waals surface area (Å²) >= 11 is 5.58. The van der Waals surface area contributed by atoms with Crippen molar-refractivity contribution in [2.24, 2.45) is 5.90 Å². The molecule has 5 heteroatoms. The van der Waals surface area contributed by atoms with Crippen molar-refractivity contribution in [2.45, 2.75) is 6.61 Å². The van der Waals surface area contributed by atoms with Gasteiger partial charge in [0.25, 0.3) is 0 Å². The third kappa shape index (κ3) is 3.53. The van der Waals surface area contributed by atoms with Crippen LogP contribution in [0, 0.1) is 0 Å². The average molecular weight is 195 g/mol. The summed E-state index contributed by atoms with van der Waals surface area (Å²) in [7, 11) is 0. The van der Waals surface area contributed by atoms with Crippen molar-refractivity contribution < 1.29 is 4.84 Å². The summed E-state index contributed by atoms with van der Waals surface area (Å²) in [6.45, 7) is 0.317. The van der Waals surface area contributed by atoms with Crippen molar-refractivity contribution in [1.29, 1.82) is 0 Å². The van der Waals surface area contributed by atoms with Gasteiger partial charge >= 0.3 is 0 Å². The highest BCUT2D eigenvalue weighted by atomic mass is 35.5. The summed E-state index contributed by atoms with van der Waals surface area (Å²) in [5, 5.41) is 0.612. The van der Waals surface area contributed by atoms with E-state index < -0.39 is 0 Å². The third-order valence-corrected chi connectivity index (χ3v) is 1.24. The highest BCUT2D eigenvalue weighted by Gasteiger charge is 1.91. The monoisotopic (exact) mass is 194 g/mol. The van der Waals surface area contributed by atoms with Gasteiger partial charge in [-0.25, -0.2) is 5.90 Å². The zero-order valence-corrected chi connectivity index (χ0v) is 7.23. The Morgan fingerprint density at radius 3 is 2.73 bits per heavy atom. The summed E-state index contributed by atoms with van der Waals surface area (Å²) in [6, 6.07) is 3.50. The number of halogens is 2. The van der Waals surface area contributed by atoms with Crippen LogP contribution >= 0.6 is 24.0 Å². The van der Waals surface area contributed by atoms with E-state index >= 15 is 0 Å². The Morgan fingerprint density at radius 2 is 2.27 bits per heavy atom. The van der Waals surface area contributed by atoms with Crippen molar-refractivity contribution in [1.82, 2.24) is 4.98 Å². The van der Waals surface area contributed by atoms with E-state index in [9.17, 15) is 0 Å². The lowest BCUT2D eigenvalue weighted by molar-refractivity contribution is 0.121. The first-order valence-electron chi connectivity index (χ1n) is 2.75. The molecule has 0 aliphatic heterocycles. The van der Waals surface area contributed by atoms with Crippen LogP contribution < -0.4 is 5.90 Å². The lowest BCUT2D eigenvalue weighted by Gasteiger charge is -1.95. The van der Waals surface area contributed by atoms with E-state index in [2.05, 4.69) is 9.82 Å². The van der Waals surface area contributed by atoms with Crippen molar-refractivity contribution in [2.75, 3.05) is 0 Å². The lowest BCUT2D eigenvalue weighted by atomic mass is 10.4. The number of nitrogens with two attached hydrogens (primary N) is 1. The van der Waals surface area contributed by atoms with Gasteiger partial charge < -0.3 is 0 Å². The van der Waals surface area contributed by atoms with Gasteiger partial charge in [0.1, 0.15) is 6.61 Å². The third-order valence-electron chi connectivity index (χ3n) is 1.02. The Balaban J connectivity index is 0.000001000. The number of aromatic nitrogens is 1. The van der Waals surface area contributed by atoms with E-state index in [1.165, 1.54) is 0 Å². The van der Waals surface area contributed by atoms with Gasteiger partial charge in [-0.1, -0.05) is 11.6 Å². The number of rotatable bonds is 2. The van der Waals surface area contributed by atoms with Gasteiger partial charge in [-0.05, 0) is 12.1 Å². The Hall–Kier alpha value is -0.350. The maximum atomic E-state index is 5.58. The Kier molecular flexibility index (Phi) is 5.15. The van der Waals surface area contributed by atoms with Crippen LogP contribution in [0.5, 0.6) is 0 Å². The number of hydrogen-bond acceptors (Lipinski definition) is 3. The molecule has 2 N–H and O–H groups in total. The zero-order chi connectivity index (χ0) is 7.40. The van der Waals surface area contributed by atoms with Crippen LogP contribution in [0.25, 0.3) is 0 Å². The van der Waals surface area contributed by atoms with Gasteiger partial charge in [0, 0.05) is 6.20 Å². The maximum Gasteiger partial charge on any atom is 0.110 e. The topological polar surface area (TPSA) is 48.1 Å². The Morgan fingerprint density at radius 1 is 1.55 bits per heavy atom. The molecule has 0 fully saturated rings. The molecule has 0 saturated heterocycles. The molecule has 0 spiro atoms. The van der Waals surface area contributed by atoms with Crippen LogP contribution in [-0.4, -0.2) is 4.98 Å². The quantitative estimate of drug-likeness (QED) is 0.728. The van der Waals surface area contributed by atoms with Gasteiger partial charge in [0.15, 0.2) is 0 Å². The molecule has 0 unspecified atom stereocenters. The van der Waals surface area contributed by atoms with E-state index in [1.807, 2.05) is 0 Å². The fourth-order valence-electron chi connectivity index (χ4n) is 0.577. The van der Waals surface area contributed by atoms with E-state index in [1.54, 1.807) is 18.3 Å². The van der Waals surface area contributed by atoms with Crippen molar-refractivity contribution in [3.8, 4) is 0 Å². The Labute approximate surface area is 75.9 Å². The first kappa shape index (κ1) is 10.7. The number of hydrogen-bond donors (Lipinski definition) is 1. The fourth-order valence-corrected chi connectivity index (χ4v) is 0.689. The van der Waals surface area contributed by atoms with Crippen LogP contribution in [0.4, 0.5) is 0 Å². The molecule has 0 radical (unpaired) electrons. The molecule has 62 valence electrons. The SMILES string of the molecule is Cl.NOCc1ccc(Cl)cn1. The molecule has 0 aliphatic carbocycles. The molecule has 1 aromatic rings. The first-order valence-corrected chi connectivity index (χ1v) is 3.13. The fraction of sp³-hybridized carbons (Fsp3) is 0.167. The van der Waals surface area contributed by atoms with Gasteiger partial charge in [-0.3, -0.25) is 9.82 Å². The van der Waals surface area contributed by atoms with Gasteiger partial charge in [-0.15, -0.1) is 12.4 Å². The van der Waals surface area contributed by atoms with Gasteiger partial charge in [0.05, 0.1) is 10.7 Å². The van der Waals surface area contributed by atoms with E-state index in [4.69, 9.17) is 17.5 Å². The maximum absolute atomic E-state index is 5.58. The second-order valence-electron chi connectivity index (χ2n) is 1.78. The van der Waals surface area contributed by atoms with Crippen LogP contribution in [-0.2, 0) is 11.4 Å². The van der Waals surface area contributed by atoms with Crippen LogP contribution in [0.1, 0.15) is 5.69 Å². The predicted octanol–water partition coefficient (Wildman–Crippen LogP) is 1.55. The molecule has 0 bridgehead atoms. The van der Waals surface area contributed by atoms with Crippen LogP contribution in [0.3, 0.4) is 0 Å². The molecule has 1 heterocycles. The molecule has 0 amide bonds. The minimum atomic E-state index is 0. The summed E-state index contributed by atoms with van der Waals surface area (Å²) < 4.78 is 0. The normalized spacial score (nSPS) is 8.91. The average Bonchev–Trinajstić information content (AvgIpc) is 1.95. The molecule has 0 aliphatic rings. The van der Waals surface area contributed by atoms with Crippen LogP contribution in [0.2, 0.25) is 5.02 Å². The molecule has 0 saturated carbocycles. The van der Waals surface area contributed by atoms with Crippen molar-refractivity contribution in [3.05, 3.63) is 29.0 Å². The summed E-state index contributed by atoms with van der Waals surface area (Å²) in [5.41, 5.74) is 0.770. The number of pyridine rings is 1. The highest BCUT2D eigenvalue weighted by molar-refractivity contribution is 6.30. The molecule has 1 aromatic heterocycles. The lowest BCUT2D eigenvalue weighted by Crippen LogP contribution is -2.00. The van der Waals surface area contributed by atoms with E-state index in [-0.39, 0.29) is 12.4 Å². The Bertz CT molecular complexity index is 202. The van der Waals surface area contributed by atoms with Crippen LogP contribution in [0.15, 0.2) is 18.3 Å². The molecule has 0 aromatic carbocycles. The molecule has 1 rings (SSSR count). The molecule has 3 nitrogen and oxygen atoms in total. The summed E-state index contributed by atoms with van der Waals surface area (Å²) in [5.74, 6) is 4.83. The predicted molar refractivity (Wildman–Crippen MR) is 45.5 cm³/mol. The molecule has 0 atom stereocenters. The smallest absolute Gasteiger partial charge is 0.110 e. The second kappa shape index (κ2) is 5.32. The minimum Gasteiger partial charge on any atom is -0.298 e. The summed E-state index contributed by atoms with van der Waals surface area (Å²) in [4.78, 5) is 8.29. The molecular weight excluding hydrogens is 187 g/mol. The largest absolute Gasteiger partial charge is 0.298 e. The summed E-state index contributed by atoms with van der Waals surface area (Å²) in [6.07, 6.45) is 1.55. The highest BCUT2D eigenvalue weighted by Crippen LogP contribution is 2.05. The van der Waals surface area contributed by atoms with Gasteiger partial charge in [-0.2, -0.15) is 0 Å². The number of nitrogens with zero attached hydrogens (tertiary/aromatic N) is 1. The van der Waals surface area contributed by atoms with Crippen molar-refractivity contribution >= 4 is 24.0 Å². The standard InChI is InChI=1S/C6H7ClN2O.ClH/c7-5-1-2-6(4-10-8)9-3-5;/h1-3H,4,8H2;1H. The zero-order valence-electron chi connectivity index (χ0n) is 5.66. The molecule has 11 heavy (non-hydrogen) atoms. The minimum absolute atomic E-state index is 0. The van der Waals surface area contributed by atoms with E-state index in [0.717, 1.165) is 5.69 Å².